The summed E-state index contributed by atoms with van der Waals surface area (Å²) in [6.07, 6.45) is 5.10. The Morgan fingerprint density at radius 3 is 2.82 bits per heavy atom. The monoisotopic (exact) mass is 257 g/mol. The maximum atomic E-state index is 12.2. The van der Waals surface area contributed by atoms with Crippen LogP contribution in [-0.4, -0.2) is 21.6 Å². The number of rotatable bonds is 7. The summed E-state index contributed by atoms with van der Waals surface area (Å²) >= 11 is 5.99. The summed E-state index contributed by atoms with van der Waals surface area (Å²) in [4.78, 5) is 12.2. The lowest BCUT2D eigenvalue weighted by atomic mass is 10.0. The van der Waals surface area contributed by atoms with E-state index in [-0.39, 0.29) is 5.78 Å². The normalized spacial score (nSPS) is 12.7. The molecule has 1 unspecified atom stereocenters. The lowest BCUT2D eigenvalue weighted by Gasteiger charge is -2.11. The molecule has 0 radical (unpaired) electrons. The quantitative estimate of drug-likeness (QED) is 0.764. The Bertz CT molecular complexity index is 376. The maximum Gasteiger partial charge on any atom is 0.199 e. The van der Waals surface area contributed by atoms with Crippen molar-refractivity contribution in [3.8, 4) is 0 Å². The molecule has 0 fully saturated rings. The van der Waals surface area contributed by atoms with Gasteiger partial charge < -0.3 is 5.73 Å². The first kappa shape index (κ1) is 14.2. The smallest absolute Gasteiger partial charge is 0.199 e. The Hall–Kier alpha value is -0.870. The van der Waals surface area contributed by atoms with Gasteiger partial charge in [-0.1, -0.05) is 38.3 Å². The molecule has 2 N–H and O–H groups in total. The molecule has 0 aliphatic heterocycles. The van der Waals surface area contributed by atoms with Crippen molar-refractivity contribution in [2.45, 2.75) is 52.1 Å². The molecule has 0 amide bonds. The zero-order chi connectivity index (χ0) is 12.8. The predicted octanol–water partition coefficient (Wildman–Crippen LogP) is 2.65. The van der Waals surface area contributed by atoms with Crippen molar-refractivity contribution < 1.29 is 4.79 Å². The highest BCUT2D eigenvalue weighted by atomic mass is 35.5. The zero-order valence-electron chi connectivity index (χ0n) is 10.4. The van der Waals surface area contributed by atoms with Crippen LogP contribution < -0.4 is 5.73 Å². The van der Waals surface area contributed by atoms with Crippen molar-refractivity contribution in [3.63, 3.8) is 0 Å². The van der Waals surface area contributed by atoms with E-state index in [1.54, 1.807) is 4.68 Å². The Balaban J connectivity index is 2.83. The molecule has 4 nitrogen and oxygen atoms in total. The second kappa shape index (κ2) is 6.77. The molecule has 17 heavy (non-hydrogen) atoms. The number of halogens is 1. The average Bonchev–Trinajstić information content (AvgIpc) is 2.67. The number of hydrogen-bond acceptors (Lipinski definition) is 3. The molecule has 0 bridgehead atoms. The van der Waals surface area contributed by atoms with E-state index in [9.17, 15) is 4.79 Å². The minimum atomic E-state index is -0.472. The van der Waals surface area contributed by atoms with Crippen LogP contribution >= 0.6 is 11.6 Å². The molecule has 96 valence electrons. The molecule has 0 aromatic carbocycles. The third-order valence-electron chi connectivity index (χ3n) is 2.67. The Morgan fingerprint density at radius 2 is 2.24 bits per heavy atom. The molecule has 1 rings (SSSR count). The van der Waals surface area contributed by atoms with Crippen LogP contribution in [0.2, 0.25) is 5.02 Å². The number of carbonyl (C=O) groups excluding carboxylic acids is 1. The summed E-state index contributed by atoms with van der Waals surface area (Å²) < 4.78 is 1.65. The molecule has 5 heteroatoms. The lowest BCUT2D eigenvalue weighted by molar-refractivity contribution is 0.0945. The molecule has 1 heterocycles. The summed E-state index contributed by atoms with van der Waals surface area (Å²) in [5, 5.41) is 4.50. The van der Waals surface area contributed by atoms with Crippen molar-refractivity contribution in [2.75, 3.05) is 0 Å². The predicted molar refractivity (Wildman–Crippen MR) is 69.4 cm³/mol. The Labute approximate surface area is 107 Å². The summed E-state index contributed by atoms with van der Waals surface area (Å²) in [5.74, 6) is -0.102. The standard InChI is InChI=1S/C12H20ClN3O/c1-3-5-6-10(14)12(17)11-9(13)8-15-16(11)7-4-2/h8,10H,3-7,14H2,1-2H3. The van der Waals surface area contributed by atoms with Gasteiger partial charge in [-0.2, -0.15) is 5.10 Å². The van der Waals surface area contributed by atoms with Gasteiger partial charge in [-0.3, -0.25) is 9.48 Å². The summed E-state index contributed by atoms with van der Waals surface area (Å²) in [5.41, 5.74) is 6.33. The van der Waals surface area contributed by atoms with Gasteiger partial charge in [0.25, 0.3) is 0 Å². The van der Waals surface area contributed by atoms with Crippen LogP contribution in [0.5, 0.6) is 0 Å². The van der Waals surface area contributed by atoms with E-state index in [4.69, 9.17) is 17.3 Å². The van der Waals surface area contributed by atoms with Crippen LogP contribution in [0.3, 0.4) is 0 Å². The Kier molecular flexibility index (Phi) is 5.65. The number of aryl methyl sites for hydroxylation is 1. The number of hydrogen-bond donors (Lipinski definition) is 1. The van der Waals surface area contributed by atoms with Gasteiger partial charge in [0.1, 0.15) is 5.69 Å². The molecule has 0 aliphatic rings. The van der Waals surface area contributed by atoms with E-state index in [0.29, 0.717) is 23.7 Å². The third-order valence-corrected chi connectivity index (χ3v) is 2.95. The molecule has 0 spiro atoms. The Morgan fingerprint density at radius 1 is 1.53 bits per heavy atom. The van der Waals surface area contributed by atoms with Crippen LogP contribution in [0.1, 0.15) is 50.0 Å². The van der Waals surface area contributed by atoms with Crippen LogP contribution in [0.4, 0.5) is 0 Å². The number of Topliss-reactive ketones (excluding diaryl/α,β-unsaturated/α-hetero) is 1. The van der Waals surface area contributed by atoms with Crippen molar-refractivity contribution in [1.82, 2.24) is 9.78 Å². The number of aromatic nitrogens is 2. The van der Waals surface area contributed by atoms with Gasteiger partial charge >= 0.3 is 0 Å². The fourth-order valence-electron chi connectivity index (χ4n) is 1.72. The van der Waals surface area contributed by atoms with E-state index in [1.165, 1.54) is 6.20 Å². The van der Waals surface area contributed by atoms with Gasteiger partial charge in [-0.15, -0.1) is 0 Å². The molecule has 0 saturated heterocycles. The number of unbranched alkanes of at least 4 members (excludes halogenated alkanes) is 1. The largest absolute Gasteiger partial charge is 0.321 e. The molecule has 0 aliphatic carbocycles. The van der Waals surface area contributed by atoms with Gasteiger partial charge in [0.15, 0.2) is 5.78 Å². The maximum absolute atomic E-state index is 12.2. The number of nitrogens with two attached hydrogens (primary N) is 1. The molecule has 1 atom stereocenters. The average molecular weight is 258 g/mol. The fourth-order valence-corrected chi connectivity index (χ4v) is 1.95. The zero-order valence-corrected chi connectivity index (χ0v) is 11.2. The second-order valence-corrected chi connectivity index (χ2v) is 4.58. The van der Waals surface area contributed by atoms with Gasteiger partial charge in [0, 0.05) is 6.54 Å². The minimum Gasteiger partial charge on any atom is -0.321 e. The highest BCUT2D eigenvalue weighted by Gasteiger charge is 2.22. The first-order valence-electron chi connectivity index (χ1n) is 6.12. The van der Waals surface area contributed by atoms with E-state index in [2.05, 4.69) is 12.0 Å². The van der Waals surface area contributed by atoms with Crippen LogP contribution in [-0.2, 0) is 6.54 Å². The highest BCUT2D eigenvalue weighted by molar-refractivity contribution is 6.33. The fraction of sp³-hybridized carbons (Fsp3) is 0.667. The van der Waals surface area contributed by atoms with Crippen molar-refractivity contribution in [3.05, 3.63) is 16.9 Å². The van der Waals surface area contributed by atoms with Gasteiger partial charge in [-0.25, -0.2) is 0 Å². The molecular weight excluding hydrogens is 238 g/mol. The summed E-state index contributed by atoms with van der Waals surface area (Å²) in [6, 6.07) is -0.472. The number of ketones is 1. The summed E-state index contributed by atoms with van der Waals surface area (Å²) in [6.45, 7) is 4.79. The highest BCUT2D eigenvalue weighted by Crippen LogP contribution is 2.18. The molecular formula is C12H20ClN3O. The lowest BCUT2D eigenvalue weighted by Crippen LogP contribution is -2.32. The number of nitrogens with zero attached hydrogens (tertiary/aromatic N) is 2. The van der Waals surface area contributed by atoms with E-state index >= 15 is 0 Å². The van der Waals surface area contributed by atoms with Crippen LogP contribution in [0.15, 0.2) is 6.20 Å². The van der Waals surface area contributed by atoms with Crippen molar-refractivity contribution in [2.24, 2.45) is 5.73 Å². The molecule has 0 saturated carbocycles. The topological polar surface area (TPSA) is 60.9 Å². The second-order valence-electron chi connectivity index (χ2n) is 4.18. The third kappa shape index (κ3) is 3.54. The summed E-state index contributed by atoms with van der Waals surface area (Å²) in [7, 11) is 0. The first-order chi connectivity index (χ1) is 8.11. The van der Waals surface area contributed by atoms with E-state index in [1.807, 2.05) is 6.92 Å². The van der Waals surface area contributed by atoms with E-state index in [0.717, 1.165) is 19.3 Å². The van der Waals surface area contributed by atoms with Crippen molar-refractivity contribution in [1.29, 1.82) is 0 Å². The first-order valence-corrected chi connectivity index (χ1v) is 6.50. The van der Waals surface area contributed by atoms with Crippen molar-refractivity contribution >= 4 is 17.4 Å². The van der Waals surface area contributed by atoms with E-state index < -0.39 is 6.04 Å². The van der Waals surface area contributed by atoms with Gasteiger partial charge in [0.2, 0.25) is 0 Å². The molecule has 1 aromatic heterocycles. The van der Waals surface area contributed by atoms with Gasteiger partial charge in [-0.05, 0) is 12.8 Å². The van der Waals surface area contributed by atoms with Crippen LogP contribution in [0, 0.1) is 0 Å². The minimum absolute atomic E-state index is 0.102. The van der Waals surface area contributed by atoms with Crippen LogP contribution in [0.25, 0.3) is 0 Å². The molecule has 1 aromatic rings. The van der Waals surface area contributed by atoms with Gasteiger partial charge in [0.05, 0.1) is 17.3 Å². The SMILES string of the molecule is CCCCC(N)C(=O)c1c(Cl)cnn1CCC. The number of carbonyl (C=O) groups is 1.